The zero-order valence-electron chi connectivity index (χ0n) is 4.96. The van der Waals surface area contributed by atoms with Crippen molar-refractivity contribution in [1.82, 2.24) is 0 Å². The van der Waals surface area contributed by atoms with Crippen LogP contribution in [0.5, 0.6) is 0 Å². The van der Waals surface area contributed by atoms with Crippen LogP contribution < -0.4 is 0 Å². The Morgan fingerprint density at radius 2 is 2.67 bits per heavy atom. The summed E-state index contributed by atoms with van der Waals surface area (Å²) in [6.45, 7) is 0. The van der Waals surface area contributed by atoms with Crippen molar-refractivity contribution in [2.75, 3.05) is 6.16 Å². The van der Waals surface area contributed by atoms with Gasteiger partial charge < -0.3 is 9.63 Å². The second-order valence-corrected chi connectivity index (χ2v) is 2.74. The predicted octanol–water partition coefficient (Wildman–Crippen LogP) is 0.278. The van der Waals surface area contributed by atoms with Crippen molar-refractivity contribution in [3.8, 4) is 0 Å². The Morgan fingerprint density at radius 3 is 3.11 bits per heavy atom. The van der Waals surface area contributed by atoms with Crippen LogP contribution in [0.15, 0.2) is 0 Å². The third-order valence-corrected chi connectivity index (χ3v) is 1.93. The molecule has 9 heavy (non-hydrogen) atoms. The molecule has 1 saturated heterocycles. The van der Waals surface area contributed by atoms with E-state index in [0.717, 1.165) is 6.42 Å². The number of ether oxygens (including phenoxy) is 1. The van der Waals surface area contributed by atoms with E-state index in [1.807, 2.05) is 0 Å². The van der Waals surface area contributed by atoms with Crippen molar-refractivity contribution in [3.05, 3.63) is 0 Å². The highest BCUT2D eigenvalue weighted by molar-refractivity contribution is 7.31. The molecule has 0 bridgehead atoms. The maximum atomic E-state index is 10.4. The standard InChI is InChI=1S/C5H9O3P/c6-5-2-1-4(8-5)3-9-7/h4,7,9H,1-3H2/t4-/m1/s1. The van der Waals surface area contributed by atoms with Crippen LogP contribution in [0.2, 0.25) is 0 Å². The second kappa shape index (κ2) is 3.14. The first kappa shape index (κ1) is 6.97. The molecule has 1 aliphatic heterocycles. The smallest absolute Gasteiger partial charge is 0.306 e. The maximum absolute atomic E-state index is 10.4. The molecule has 1 heterocycles. The summed E-state index contributed by atoms with van der Waals surface area (Å²) in [4.78, 5) is 18.9. The molecule has 1 aliphatic rings. The van der Waals surface area contributed by atoms with Crippen molar-refractivity contribution < 1.29 is 14.4 Å². The highest BCUT2D eigenvalue weighted by Gasteiger charge is 2.22. The fourth-order valence-electron chi connectivity index (χ4n) is 0.828. The molecular formula is C5H9O3P. The lowest BCUT2D eigenvalue weighted by Crippen LogP contribution is -2.08. The van der Waals surface area contributed by atoms with Crippen LogP contribution in [-0.2, 0) is 9.53 Å². The monoisotopic (exact) mass is 148 g/mol. The van der Waals surface area contributed by atoms with Crippen molar-refractivity contribution in [3.63, 3.8) is 0 Å². The van der Waals surface area contributed by atoms with E-state index >= 15 is 0 Å². The lowest BCUT2D eigenvalue weighted by atomic mass is 10.3. The summed E-state index contributed by atoms with van der Waals surface area (Å²) in [6, 6.07) is 0. The Morgan fingerprint density at radius 1 is 1.89 bits per heavy atom. The van der Waals surface area contributed by atoms with E-state index in [1.165, 1.54) is 0 Å². The van der Waals surface area contributed by atoms with Crippen LogP contribution in [0.1, 0.15) is 12.8 Å². The van der Waals surface area contributed by atoms with Crippen LogP contribution in [0.25, 0.3) is 0 Å². The largest absolute Gasteiger partial charge is 0.462 e. The predicted molar refractivity (Wildman–Crippen MR) is 34.5 cm³/mol. The average molecular weight is 148 g/mol. The normalized spacial score (nSPS) is 27.7. The highest BCUT2D eigenvalue weighted by atomic mass is 31.1. The van der Waals surface area contributed by atoms with Gasteiger partial charge >= 0.3 is 5.97 Å². The molecule has 0 saturated carbocycles. The summed E-state index contributed by atoms with van der Waals surface area (Å²) in [5.74, 6) is -0.127. The van der Waals surface area contributed by atoms with Crippen LogP contribution in [0, 0.1) is 0 Å². The number of cyclic esters (lactones) is 1. The van der Waals surface area contributed by atoms with E-state index in [2.05, 4.69) is 0 Å². The van der Waals surface area contributed by atoms with E-state index in [9.17, 15) is 4.79 Å². The second-order valence-electron chi connectivity index (χ2n) is 2.01. The van der Waals surface area contributed by atoms with Crippen LogP contribution >= 0.6 is 8.81 Å². The lowest BCUT2D eigenvalue weighted by Gasteiger charge is -2.03. The van der Waals surface area contributed by atoms with Crippen molar-refractivity contribution in [2.24, 2.45) is 0 Å². The molecule has 0 aromatic carbocycles. The van der Waals surface area contributed by atoms with Crippen LogP contribution in [-0.4, -0.2) is 23.1 Å². The zero-order valence-corrected chi connectivity index (χ0v) is 5.96. The molecule has 1 unspecified atom stereocenters. The molecule has 1 N–H and O–H groups in total. The molecule has 0 amide bonds. The molecule has 0 aromatic heterocycles. The van der Waals surface area contributed by atoms with Gasteiger partial charge in [-0.25, -0.2) is 0 Å². The van der Waals surface area contributed by atoms with Crippen LogP contribution in [0.4, 0.5) is 0 Å². The number of carbonyl (C=O) groups excluding carboxylic acids is 1. The number of hydrogen-bond donors (Lipinski definition) is 1. The minimum Gasteiger partial charge on any atom is -0.462 e. The summed E-state index contributed by atoms with van der Waals surface area (Å²) in [5, 5.41) is 0. The van der Waals surface area contributed by atoms with E-state index in [4.69, 9.17) is 9.63 Å². The van der Waals surface area contributed by atoms with Gasteiger partial charge in [0.2, 0.25) is 0 Å². The van der Waals surface area contributed by atoms with Gasteiger partial charge in [-0.15, -0.1) is 0 Å². The molecular weight excluding hydrogens is 139 g/mol. The van der Waals surface area contributed by atoms with Gasteiger partial charge in [-0.3, -0.25) is 4.79 Å². The summed E-state index contributed by atoms with van der Waals surface area (Å²) in [7, 11) is -0.0958. The SMILES string of the molecule is O=C1CC[C@H](CPO)O1. The molecule has 3 nitrogen and oxygen atoms in total. The van der Waals surface area contributed by atoms with Gasteiger partial charge in [-0.2, -0.15) is 0 Å². The number of hydrogen-bond acceptors (Lipinski definition) is 3. The van der Waals surface area contributed by atoms with Gasteiger partial charge in [-0.1, -0.05) is 0 Å². The first-order chi connectivity index (χ1) is 4.33. The third kappa shape index (κ3) is 1.92. The number of esters is 1. The average Bonchev–Trinajstić information content (AvgIpc) is 2.17. The molecule has 0 radical (unpaired) electrons. The van der Waals surface area contributed by atoms with Crippen molar-refractivity contribution >= 4 is 14.8 Å². The van der Waals surface area contributed by atoms with Crippen LogP contribution in [0.3, 0.4) is 0 Å². The van der Waals surface area contributed by atoms with Crippen molar-refractivity contribution in [1.29, 1.82) is 0 Å². The van der Waals surface area contributed by atoms with Gasteiger partial charge in [0.05, 0.1) is 0 Å². The first-order valence-electron chi connectivity index (χ1n) is 2.89. The lowest BCUT2D eigenvalue weighted by molar-refractivity contribution is -0.140. The summed E-state index contributed by atoms with van der Waals surface area (Å²) in [5.41, 5.74) is 0. The van der Waals surface area contributed by atoms with E-state index in [-0.39, 0.29) is 20.9 Å². The van der Waals surface area contributed by atoms with E-state index in [1.54, 1.807) is 0 Å². The quantitative estimate of drug-likeness (QED) is 0.452. The molecule has 0 aromatic rings. The Kier molecular flexibility index (Phi) is 2.43. The van der Waals surface area contributed by atoms with E-state index in [0.29, 0.717) is 12.6 Å². The molecule has 4 heteroatoms. The topological polar surface area (TPSA) is 46.5 Å². The third-order valence-electron chi connectivity index (χ3n) is 1.29. The van der Waals surface area contributed by atoms with Gasteiger partial charge in [0, 0.05) is 21.4 Å². The zero-order chi connectivity index (χ0) is 6.69. The highest BCUT2D eigenvalue weighted by Crippen LogP contribution is 2.18. The van der Waals surface area contributed by atoms with Gasteiger partial charge in [0.1, 0.15) is 6.10 Å². The van der Waals surface area contributed by atoms with Gasteiger partial charge in [0.15, 0.2) is 0 Å². The maximum Gasteiger partial charge on any atom is 0.306 e. The fourth-order valence-corrected chi connectivity index (χ4v) is 1.32. The summed E-state index contributed by atoms with van der Waals surface area (Å²) >= 11 is 0. The Balaban J connectivity index is 2.22. The molecule has 2 atom stereocenters. The number of rotatable bonds is 2. The molecule has 1 rings (SSSR count). The molecule has 52 valence electrons. The fraction of sp³-hybridized carbons (Fsp3) is 0.800. The molecule has 0 aliphatic carbocycles. The van der Waals surface area contributed by atoms with Gasteiger partial charge in [-0.05, 0) is 6.42 Å². The summed E-state index contributed by atoms with van der Waals surface area (Å²) < 4.78 is 4.81. The van der Waals surface area contributed by atoms with Gasteiger partial charge in [0.25, 0.3) is 0 Å². The Labute approximate surface area is 55.3 Å². The number of carbonyl (C=O) groups is 1. The molecule has 1 fully saturated rings. The minimum atomic E-state index is -0.127. The first-order valence-corrected chi connectivity index (χ1v) is 4.05. The Hall–Kier alpha value is -0.140. The van der Waals surface area contributed by atoms with Crippen molar-refractivity contribution in [2.45, 2.75) is 18.9 Å². The molecule has 0 spiro atoms. The summed E-state index contributed by atoms with van der Waals surface area (Å²) in [6.07, 6.45) is 1.92. The minimum absolute atomic E-state index is 0.000772. The Bertz CT molecular complexity index is 115. The van der Waals surface area contributed by atoms with E-state index < -0.39 is 0 Å².